The highest BCUT2D eigenvalue weighted by atomic mass is 16.3. The fourth-order valence-corrected chi connectivity index (χ4v) is 2.79. The van der Waals surface area contributed by atoms with E-state index in [-0.39, 0.29) is 11.8 Å². The standard InChI is InChI=1S/C16H20N2O2/c1-11-5-4-6-12-9-14(20-16(11)12)15(19)13-10-17(2)7-8-18(13)3/h4-6,9,13H,7-8,10H2,1-3H3. The van der Waals surface area contributed by atoms with Gasteiger partial charge in [-0.25, -0.2) is 0 Å². The van der Waals surface area contributed by atoms with Crippen molar-refractivity contribution in [3.8, 4) is 0 Å². The number of nitrogens with zero attached hydrogens (tertiary/aromatic N) is 2. The van der Waals surface area contributed by atoms with E-state index in [1.807, 2.05) is 38.2 Å². The van der Waals surface area contributed by atoms with Crippen molar-refractivity contribution in [3.05, 3.63) is 35.6 Å². The minimum Gasteiger partial charge on any atom is -0.453 e. The SMILES string of the molecule is Cc1cccc2cc(C(=O)C3CN(C)CCN3C)oc12. The summed E-state index contributed by atoms with van der Waals surface area (Å²) in [7, 11) is 4.06. The lowest BCUT2D eigenvalue weighted by atomic mass is 10.1. The largest absolute Gasteiger partial charge is 0.453 e. The number of carbonyl (C=O) groups is 1. The molecule has 0 amide bonds. The first-order chi connectivity index (χ1) is 9.56. The van der Waals surface area contributed by atoms with Gasteiger partial charge in [0.2, 0.25) is 5.78 Å². The van der Waals surface area contributed by atoms with Gasteiger partial charge < -0.3 is 9.32 Å². The van der Waals surface area contributed by atoms with Crippen molar-refractivity contribution < 1.29 is 9.21 Å². The zero-order chi connectivity index (χ0) is 14.3. The second-order valence-electron chi connectivity index (χ2n) is 5.73. The molecule has 20 heavy (non-hydrogen) atoms. The molecule has 1 atom stereocenters. The molecule has 1 aromatic heterocycles. The van der Waals surface area contributed by atoms with Gasteiger partial charge in [-0.2, -0.15) is 0 Å². The first kappa shape index (κ1) is 13.3. The Morgan fingerprint density at radius 1 is 1.30 bits per heavy atom. The third kappa shape index (κ3) is 2.25. The lowest BCUT2D eigenvalue weighted by molar-refractivity contribution is 0.0661. The maximum atomic E-state index is 12.7. The molecule has 0 N–H and O–H groups in total. The van der Waals surface area contributed by atoms with Gasteiger partial charge in [-0.05, 0) is 32.6 Å². The van der Waals surface area contributed by atoms with Crippen LogP contribution >= 0.6 is 0 Å². The highest BCUT2D eigenvalue weighted by molar-refractivity contribution is 6.01. The molecule has 0 saturated carbocycles. The molecule has 106 valence electrons. The van der Waals surface area contributed by atoms with E-state index >= 15 is 0 Å². The summed E-state index contributed by atoms with van der Waals surface area (Å²) in [6.45, 7) is 4.66. The Morgan fingerprint density at radius 3 is 2.85 bits per heavy atom. The molecule has 1 aliphatic rings. The van der Waals surface area contributed by atoms with Gasteiger partial charge in [0.05, 0.1) is 6.04 Å². The average molecular weight is 272 g/mol. The smallest absolute Gasteiger partial charge is 0.216 e. The maximum Gasteiger partial charge on any atom is 0.216 e. The molecular weight excluding hydrogens is 252 g/mol. The molecule has 1 saturated heterocycles. The van der Waals surface area contributed by atoms with E-state index in [1.165, 1.54) is 0 Å². The van der Waals surface area contributed by atoms with Crippen LogP contribution in [0.25, 0.3) is 11.0 Å². The van der Waals surface area contributed by atoms with Gasteiger partial charge in [0, 0.05) is 25.0 Å². The summed E-state index contributed by atoms with van der Waals surface area (Å²) in [6.07, 6.45) is 0. The number of furan rings is 1. The summed E-state index contributed by atoms with van der Waals surface area (Å²) in [6, 6.07) is 7.73. The summed E-state index contributed by atoms with van der Waals surface area (Å²) in [5.41, 5.74) is 1.89. The number of hydrogen-bond acceptors (Lipinski definition) is 4. The summed E-state index contributed by atoms with van der Waals surface area (Å²) in [5.74, 6) is 0.552. The Balaban J connectivity index is 1.94. The fraction of sp³-hybridized carbons (Fsp3) is 0.438. The Kier molecular flexibility index (Phi) is 3.36. The first-order valence-corrected chi connectivity index (χ1v) is 6.98. The van der Waals surface area contributed by atoms with E-state index < -0.39 is 0 Å². The Bertz CT molecular complexity index is 647. The van der Waals surface area contributed by atoms with Crippen molar-refractivity contribution in [1.29, 1.82) is 0 Å². The van der Waals surface area contributed by atoms with Crippen molar-refractivity contribution in [2.24, 2.45) is 0 Å². The van der Waals surface area contributed by atoms with Crippen LogP contribution in [-0.4, -0.2) is 55.4 Å². The quantitative estimate of drug-likeness (QED) is 0.785. The fourth-order valence-electron chi connectivity index (χ4n) is 2.79. The molecule has 0 bridgehead atoms. The molecule has 3 rings (SSSR count). The summed E-state index contributed by atoms with van der Waals surface area (Å²) in [5, 5.41) is 1.00. The number of rotatable bonds is 2. The van der Waals surface area contributed by atoms with Crippen molar-refractivity contribution in [3.63, 3.8) is 0 Å². The van der Waals surface area contributed by atoms with E-state index in [1.54, 1.807) is 0 Å². The normalized spacial score (nSPS) is 21.4. The van der Waals surface area contributed by atoms with Crippen molar-refractivity contribution in [1.82, 2.24) is 9.80 Å². The predicted octanol–water partition coefficient (Wildman–Crippen LogP) is 2.17. The third-order valence-corrected chi connectivity index (χ3v) is 4.14. The van der Waals surface area contributed by atoms with Gasteiger partial charge in [0.15, 0.2) is 5.76 Å². The highest BCUT2D eigenvalue weighted by Gasteiger charge is 2.31. The summed E-state index contributed by atoms with van der Waals surface area (Å²) in [4.78, 5) is 17.0. The van der Waals surface area contributed by atoms with Crippen LogP contribution in [0.15, 0.2) is 28.7 Å². The number of fused-ring (bicyclic) bond motifs is 1. The predicted molar refractivity (Wildman–Crippen MR) is 79.2 cm³/mol. The molecule has 2 aromatic rings. The van der Waals surface area contributed by atoms with Crippen LogP contribution in [0.4, 0.5) is 0 Å². The minimum atomic E-state index is -0.116. The zero-order valence-electron chi connectivity index (χ0n) is 12.2. The number of carbonyl (C=O) groups excluding carboxylic acids is 1. The highest BCUT2D eigenvalue weighted by Crippen LogP contribution is 2.24. The molecule has 0 spiro atoms. The lowest BCUT2D eigenvalue weighted by Crippen LogP contribution is -2.53. The topological polar surface area (TPSA) is 36.7 Å². The van der Waals surface area contributed by atoms with Gasteiger partial charge in [-0.1, -0.05) is 18.2 Å². The van der Waals surface area contributed by atoms with Crippen LogP contribution in [-0.2, 0) is 0 Å². The molecular formula is C16H20N2O2. The van der Waals surface area contributed by atoms with E-state index in [0.717, 1.165) is 36.2 Å². The molecule has 0 radical (unpaired) electrons. The van der Waals surface area contributed by atoms with Crippen LogP contribution in [0, 0.1) is 6.92 Å². The van der Waals surface area contributed by atoms with Crippen LogP contribution in [0.5, 0.6) is 0 Å². The number of para-hydroxylation sites is 1. The van der Waals surface area contributed by atoms with Crippen molar-refractivity contribution >= 4 is 16.8 Å². The Morgan fingerprint density at radius 2 is 2.10 bits per heavy atom. The average Bonchev–Trinajstić information content (AvgIpc) is 2.86. The third-order valence-electron chi connectivity index (χ3n) is 4.14. The first-order valence-electron chi connectivity index (χ1n) is 6.98. The van der Waals surface area contributed by atoms with Gasteiger partial charge in [-0.15, -0.1) is 0 Å². The number of aryl methyl sites for hydroxylation is 1. The molecule has 4 nitrogen and oxygen atoms in total. The number of likely N-dealkylation sites (N-methyl/N-ethyl adjacent to an activating group) is 2. The Labute approximate surface area is 119 Å². The van der Waals surface area contributed by atoms with Gasteiger partial charge in [0.1, 0.15) is 5.58 Å². The van der Waals surface area contributed by atoms with Gasteiger partial charge in [-0.3, -0.25) is 9.69 Å². The van der Waals surface area contributed by atoms with E-state index in [2.05, 4.69) is 16.8 Å². The monoisotopic (exact) mass is 272 g/mol. The van der Waals surface area contributed by atoms with Crippen LogP contribution in [0.3, 0.4) is 0 Å². The van der Waals surface area contributed by atoms with Crippen molar-refractivity contribution in [2.75, 3.05) is 33.7 Å². The van der Waals surface area contributed by atoms with E-state index in [4.69, 9.17) is 4.42 Å². The Hall–Kier alpha value is -1.65. The number of Topliss-reactive ketones (excluding diaryl/α,β-unsaturated/α-hetero) is 1. The van der Waals surface area contributed by atoms with Crippen molar-refractivity contribution in [2.45, 2.75) is 13.0 Å². The molecule has 1 unspecified atom stereocenters. The molecule has 1 fully saturated rings. The number of benzene rings is 1. The molecule has 1 aliphatic heterocycles. The second-order valence-corrected chi connectivity index (χ2v) is 5.73. The number of hydrogen-bond donors (Lipinski definition) is 0. The molecule has 0 aliphatic carbocycles. The van der Waals surface area contributed by atoms with Crippen LogP contribution in [0.2, 0.25) is 0 Å². The lowest BCUT2D eigenvalue weighted by Gasteiger charge is -2.36. The molecule has 2 heterocycles. The second kappa shape index (κ2) is 5.04. The van der Waals surface area contributed by atoms with E-state index in [9.17, 15) is 4.79 Å². The number of ketones is 1. The summed E-state index contributed by atoms with van der Waals surface area (Å²) < 4.78 is 5.80. The number of piperazine rings is 1. The van der Waals surface area contributed by atoms with Crippen LogP contribution in [0.1, 0.15) is 16.1 Å². The molecule has 1 aromatic carbocycles. The zero-order valence-corrected chi connectivity index (χ0v) is 12.2. The minimum absolute atomic E-state index is 0.0784. The van der Waals surface area contributed by atoms with Gasteiger partial charge >= 0.3 is 0 Å². The van der Waals surface area contributed by atoms with E-state index in [0.29, 0.717) is 5.76 Å². The van der Waals surface area contributed by atoms with Gasteiger partial charge in [0.25, 0.3) is 0 Å². The van der Waals surface area contributed by atoms with Crippen LogP contribution < -0.4 is 0 Å². The maximum absolute atomic E-state index is 12.7. The summed E-state index contributed by atoms with van der Waals surface area (Å²) >= 11 is 0. The molecule has 4 heteroatoms.